The Balaban J connectivity index is 2.79. The molecular weight excluding hydrogens is 272 g/mol. The molecule has 0 aliphatic carbocycles. The van der Waals surface area contributed by atoms with E-state index < -0.39 is 0 Å². The molecule has 1 amide bonds. The maximum Gasteiger partial charge on any atom is 0.268 e. The van der Waals surface area contributed by atoms with Gasteiger partial charge in [0.25, 0.3) is 5.91 Å². The normalized spacial score (nSPS) is 12.5. The first-order valence-corrected chi connectivity index (χ1v) is 6.19. The van der Waals surface area contributed by atoms with Gasteiger partial charge in [0, 0.05) is 17.2 Å². The Morgan fingerprint density at radius 2 is 2.31 bits per heavy atom. The molecule has 0 spiro atoms. The molecule has 0 radical (unpaired) electrons. The molecule has 1 unspecified atom stereocenters. The van der Waals surface area contributed by atoms with Gasteiger partial charge >= 0.3 is 0 Å². The fourth-order valence-electron chi connectivity index (χ4n) is 1.46. The highest BCUT2D eigenvalue weighted by atomic mass is 79.9. The van der Waals surface area contributed by atoms with Crippen molar-refractivity contribution in [3.05, 3.63) is 22.4 Å². The van der Waals surface area contributed by atoms with Gasteiger partial charge < -0.3 is 15.0 Å². The maximum atomic E-state index is 11.9. The fourth-order valence-corrected chi connectivity index (χ4v) is 1.93. The first-order valence-electron chi connectivity index (χ1n) is 5.39. The number of hydrogen-bond donors (Lipinski definition) is 2. The highest BCUT2D eigenvalue weighted by Crippen LogP contribution is 2.15. The summed E-state index contributed by atoms with van der Waals surface area (Å²) in [5.74, 6) is -0.145. The van der Waals surface area contributed by atoms with Crippen LogP contribution in [0.3, 0.4) is 0 Å². The van der Waals surface area contributed by atoms with E-state index in [1.807, 2.05) is 24.6 Å². The molecule has 5 heteroatoms. The molecule has 1 atom stereocenters. The standard InChI is InChI=1S/C11H17BrN2O2/c1-3-9(7-15)13-11(16)10-5-8(12)6-14(10)4-2/h5-6,9,15H,3-4,7H2,1-2H3,(H,13,16). The number of carbonyl (C=O) groups excluding carboxylic acids is 1. The summed E-state index contributed by atoms with van der Waals surface area (Å²) < 4.78 is 2.75. The number of aliphatic hydroxyl groups excluding tert-OH is 1. The predicted octanol–water partition coefficient (Wildman–Crippen LogP) is 1.77. The smallest absolute Gasteiger partial charge is 0.268 e. The lowest BCUT2D eigenvalue weighted by Gasteiger charge is -2.14. The molecule has 0 aliphatic rings. The summed E-state index contributed by atoms with van der Waals surface area (Å²) in [6, 6.07) is 1.61. The molecule has 0 aliphatic heterocycles. The molecular formula is C11H17BrN2O2. The number of aryl methyl sites for hydroxylation is 1. The molecule has 1 rings (SSSR count). The molecule has 1 heterocycles. The lowest BCUT2D eigenvalue weighted by Crippen LogP contribution is -2.37. The van der Waals surface area contributed by atoms with E-state index >= 15 is 0 Å². The second kappa shape index (κ2) is 6.06. The number of rotatable bonds is 5. The van der Waals surface area contributed by atoms with Gasteiger partial charge in [-0.05, 0) is 35.3 Å². The third-order valence-electron chi connectivity index (χ3n) is 2.48. The minimum absolute atomic E-state index is 0.0315. The van der Waals surface area contributed by atoms with E-state index in [0.717, 1.165) is 17.4 Å². The third kappa shape index (κ3) is 3.09. The molecule has 0 saturated heterocycles. The zero-order valence-corrected chi connectivity index (χ0v) is 11.1. The largest absolute Gasteiger partial charge is 0.394 e. The van der Waals surface area contributed by atoms with Crippen LogP contribution in [0.2, 0.25) is 0 Å². The second-order valence-electron chi connectivity index (χ2n) is 3.59. The molecule has 1 aromatic rings. The lowest BCUT2D eigenvalue weighted by molar-refractivity contribution is 0.0905. The van der Waals surface area contributed by atoms with Gasteiger partial charge in [-0.15, -0.1) is 0 Å². The van der Waals surface area contributed by atoms with Crippen LogP contribution >= 0.6 is 15.9 Å². The number of hydrogen-bond acceptors (Lipinski definition) is 2. The Bertz CT molecular complexity index is 359. The van der Waals surface area contributed by atoms with Crippen molar-refractivity contribution in [2.75, 3.05) is 6.61 Å². The van der Waals surface area contributed by atoms with Crippen molar-refractivity contribution < 1.29 is 9.90 Å². The van der Waals surface area contributed by atoms with Crippen molar-refractivity contribution >= 4 is 21.8 Å². The lowest BCUT2D eigenvalue weighted by atomic mass is 10.2. The predicted molar refractivity (Wildman–Crippen MR) is 66.4 cm³/mol. The molecule has 1 aromatic heterocycles. The van der Waals surface area contributed by atoms with Crippen LogP contribution in [0.5, 0.6) is 0 Å². The first kappa shape index (κ1) is 13.3. The van der Waals surface area contributed by atoms with E-state index in [9.17, 15) is 4.79 Å². The Hall–Kier alpha value is -0.810. The molecule has 2 N–H and O–H groups in total. The highest BCUT2D eigenvalue weighted by molar-refractivity contribution is 9.10. The quantitative estimate of drug-likeness (QED) is 0.868. The van der Waals surface area contributed by atoms with E-state index in [1.165, 1.54) is 0 Å². The van der Waals surface area contributed by atoms with Crippen LogP contribution in [0.4, 0.5) is 0 Å². The minimum atomic E-state index is -0.175. The highest BCUT2D eigenvalue weighted by Gasteiger charge is 2.15. The van der Waals surface area contributed by atoms with Crippen LogP contribution in [0.15, 0.2) is 16.7 Å². The average Bonchev–Trinajstić information content (AvgIpc) is 2.67. The Kier molecular flexibility index (Phi) is 5.02. The van der Waals surface area contributed by atoms with E-state index in [2.05, 4.69) is 21.2 Å². The monoisotopic (exact) mass is 288 g/mol. The number of nitrogens with one attached hydrogen (secondary N) is 1. The van der Waals surface area contributed by atoms with Gasteiger partial charge in [-0.3, -0.25) is 4.79 Å². The molecule has 90 valence electrons. The molecule has 0 aromatic carbocycles. The van der Waals surface area contributed by atoms with Crippen LogP contribution in [0, 0.1) is 0 Å². The van der Waals surface area contributed by atoms with Gasteiger partial charge in [0.05, 0.1) is 12.6 Å². The number of amides is 1. The molecule has 0 bridgehead atoms. The first-order chi connectivity index (χ1) is 7.62. The number of aliphatic hydroxyl groups is 1. The van der Waals surface area contributed by atoms with Crippen LogP contribution in [0.1, 0.15) is 30.8 Å². The van der Waals surface area contributed by atoms with Crippen LogP contribution in [-0.4, -0.2) is 28.2 Å². The number of carbonyl (C=O) groups is 1. The van der Waals surface area contributed by atoms with Crippen LogP contribution in [0.25, 0.3) is 0 Å². The second-order valence-corrected chi connectivity index (χ2v) is 4.51. The van der Waals surface area contributed by atoms with E-state index in [-0.39, 0.29) is 18.6 Å². The van der Waals surface area contributed by atoms with Gasteiger partial charge in [-0.25, -0.2) is 0 Å². The van der Waals surface area contributed by atoms with Gasteiger partial charge in [0.2, 0.25) is 0 Å². The van der Waals surface area contributed by atoms with Crippen molar-refractivity contribution in [2.45, 2.75) is 32.9 Å². The van der Waals surface area contributed by atoms with E-state index in [1.54, 1.807) is 6.07 Å². The summed E-state index contributed by atoms with van der Waals surface area (Å²) in [4.78, 5) is 11.9. The van der Waals surface area contributed by atoms with Crippen LogP contribution < -0.4 is 5.32 Å². The number of nitrogens with zero attached hydrogens (tertiary/aromatic N) is 1. The summed E-state index contributed by atoms with van der Waals surface area (Å²) in [6.45, 7) is 4.61. The third-order valence-corrected chi connectivity index (χ3v) is 2.92. The topological polar surface area (TPSA) is 54.3 Å². The maximum absolute atomic E-state index is 11.9. The number of halogens is 1. The summed E-state index contributed by atoms with van der Waals surface area (Å²) >= 11 is 3.34. The number of aromatic nitrogens is 1. The molecule has 16 heavy (non-hydrogen) atoms. The SMILES string of the molecule is CCC(CO)NC(=O)c1cc(Br)cn1CC. The zero-order valence-electron chi connectivity index (χ0n) is 9.53. The van der Waals surface area contributed by atoms with Crippen molar-refractivity contribution in [3.8, 4) is 0 Å². The van der Waals surface area contributed by atoms with Gasteiger partial charge in [0.1, 0.15) is 5.69 Å². The van der Waals surface area contributed by atoms with Gasteiger partial charge in [-0.1, -0.05) is 6.92 Å². The summed E-state index contributed by atoms with van der Waals surface area (Å²) in [6.07, 6.45) is 2.59. The van der Waals surface area contributed by atoms with Crippen LogP contribution in [-0.2, 0) is 6.54 Å². The summed E-state index contributed by atoms with van der Waals surface area (Å²) in [5, 5.41) is 11.8. The fraction of sp³-hybridized carbons (Fsp3) is 0.545. The zero-order chi connectivity index (χ0) is 12.1. The van der Waals surface area contributed by atoms with Crippen molar-refractivity contribution in [1.29, 1.82) is 0 Å². The minimum Gasteiger partial charge on any atom is -0.394 e. The van der Waals surface area contributed by atoms with Crippen molar-refractivity contribution in [1.82, 2.24) is 9.88 Å². The van der Waals surface area contributed by atoms with Gasteiger partial charge in [-0.2, -0.15) is 0 Å². The molecule has 4 nitrogen and oxygen atoms in total. The Morgan fingerprint density at radius 1 is 1.62 bits per heavy atom. The Morgan fingerprint density at radius 3 is 2.81 bits per heavy atom. The van der Waals surface area contributed by atoms with Gasteiger partial charge in [0.15, 0.2) is 0 Å². The Labute approximate surface area is 104 Å². The summed E-state index contributed by atoms with van der Waals surface area (Å²) in [7, 11) is 0. The van der Waals surface area contributed by atoms with Crippen molar-refractivity contribution in [3.63, 3.8) is 0 Å². The summed E-state index contributed by atoms with van der Waals surface area (Å²) in [5.41, 5.74) is 0.612. The average molecular weight is 289 g/mol. The van der Waals surface area contributed by atoms with Crippen molar-refractivity contribution in [2.24, 2.45) is 0 Å². The molecule has 0 saturated carbocycles. The molecule has 0 fully saturated rings. The van der Waals surface area contributed by atoms with E-state index in [4.69, 9.17) is 5.11 Å². The van der Waals surface area contributed by atoms with E-state index in [0.29, 0.717) is 5.69 Å².